The topological polar surface area (TPSA) is 76.7 Å². The summed E-state index contributed by atoms with van der Waals surface area (Å²) in [6, 6.07) is 9.18. The molecule has 2 amide bonds. The van der Waals surface area contributed by atoms with Crippen molar-refractivity contribution in [2.24, 2.45) is 0 Å². The van der Waals surface area contributed by atoms with Gasteiger partial charge in [0.05, 0.1) is 17.9 Å². The summed E-state index contributed by atoms with van der Waals surface area (Å²) in [5.41, 5.74) is -0.561. The van der Waals surface area contributed by atoms with Crippen LogP contribution in [0.4, 0.5) is 18.9 Å². The minimum Gasteiger partial charge on any atom is -0.489 e. The standard InChI is InChI=1S/C21H22ClF3N2O4/c1-30-11-12-31-18-9-6-15(21(23,24)25)13-17(18)27-19(28)3-2-10-26-20(29)14-4-7-16(22)8-5-14/h4-9,13H,2-3,10-12H2,1H3,(H,26,29)(H,27,28). The summed E-state index contributed by atoms with van der Waals surface area (Å²) in [5.74, 6) is -0.713. The van der Waals surface area contributed by atoms with Gasteiger partial charge in [-0.2, -0.15) is 13.2 Å². The van der Waals surface area contributed by atoms with Crippen LogP contribution in [-0.4, -0.2) is 38.7 Å². The lowest BCUT2D eigenvalue weighted by molar-refractivity contribution is -0.137. The molecule has 0 atom stereocenters. The zero-order chi connectivity index (χ0) is 22.9. The lowest BCUT2D eigenvalue weighted by Crippen LogP contribution is -2.25. The van der Waals surface area contributed by atoms with E-state index in [4.69, 9.17) is 21.1 Å². The monoisotopic (exact) mass is 458 g/mol. The van der Waals surface area contributed by atoms with E-state index in [2.05, 4.69) is 10.6 Å². The summed E-state index contributed by atoms with van der Waals surface area (Å²) in [6.45, 7) is 0.567. The average Bonchev–Trinajstić information content (AvgIpc) is 2.72. The number of anilines is 1. The van der Waals surface area contributed by atoms with Crippen molar-refractivity contribution >= 4 is 29.1 Å². The van der Waals surface area contributed by atoms with Crippen LogP contribution in [0.2, 0.25) is 5.02 Å². The Morgan fingerprint density at radius 1 is 1.06 bits per heavy atom. The highest BCUT2D eigenvalue weighted by Gasteiger charge is 2.31. The van der Waals surface area contributed by atoms with Crippen molar-refractivity contribution in [3.63, 3.8) is 0 Å². The van der Waals surface area contributed by atoms with Crippen LogP contribution in [0.15, 0.2) is 42.5 Å². The van der Waals surface area contributed by atoms with E-state index in [0.717, 1.165) is 18.2 Å². The molecule has 2 N–H and O–H groups in total. The molecule has 0 fully saturated rings. The first-order chi connectivity index (χ1) is 14.7. The van der Waals surface area contributed by atoms with Crippen LogP contribution in [0.1, 0.15) is 28.8 Å². The number of benzene rings is 2. The highest BCUT2D eigenvalue weighted by atomic mass is 35.5. The number of alkyl halides is 3. The van der Waals surface area contributed by atoms with E-state index < -0.39 is 17.6 Å². The first-order valence-electron chi connectivity index (χ1n) is 9.37. The van der Waals surface area contributed by atoms with Crippen molar-refractivity contribution in [2.45, 2.75) is 19.0 Å². The van der Waals surface area contributed by atoms with Gasteiger partial charge in [-0.25, -0.2) is 0 Å². The Morgan fingerprint density at radius 3 is 2.42 bits per heavy atom. The third-order valence-corrected chi connectivity index (χ3v) is 4.35. The van der Waals surface area contributed by atoms with Gasteiger partial charge in [0, 0.05) is 30.7 Å². The first-order valence-corrected chi connectivity index (χ1v) is 9.75. The number of carbonyl (C=O) groups is 2. The minimum absolute atomic E-state index is 0.00530. The molecule has 2 aromatic rings. The predicted octanol–water partition coefficient (Wildman–Crippen LogP) is 4.53. The zero-order valence-electron chi connectivity index (χ0n) is 16.7. The Hall–Kier alpha value is -2.78. The van der Waals surface area contributed by atoms with Gasteiger partial charge >= 0.3 is 6.18 Å². The summed E-state index contributed by atoms with van der Waals surface area (Å²) in [4.78, 5) is 24.2. The van der Waals surface area contributed by atoms with Crippen LogP contribution in [0.5, 0.6) is 5.75 Å². The van der Waals surface area contributed by atoms with E-state index in [9.17, 15) is 22.8 Å². The number of hydrogen-bond acceptors (Lipinski definition) is 4. The maximum atomic E-state index is 13.0. The van der Waals surface area contributed by atoms with Crippen molar-refractivity contribution in [3.05, 3.63) is 58.6 Å². The summed E-state index contributed by atoms with van der Waals surface area (Å²) in [5, 5.41) is 5.61. The lowest BCUT2D eigenvalue weighted by atomic mass is 10.1. The number of halogens is 4. The van der Waals surface area contributed by atoms with Gasteiger partial charge in [0.1, 0.15) is 12.4 Å². The highest BCUT2D eigenvalue weighted by Crippen LogP contribution is 2.35. The second-order valence-corrected chi connectivity index (χ2v) is 6.90. The molecule has 0 aliphatic heterocycles. The minimum atomic E-state index is -4.56. The third kappa shape index (κ3) is 8.10. The molecule has 0 spiro atoms. The van der Waals surface area contributed by atoms with Crippen LogP contribution < -0.4 is 15.4 Å². The van der Waals surface area contributed by atoms with Gasteiger partial charge in [-0.05, 0) is 48.9 Å². The quantitative estimate of drug-likeness (QED) is 0.513. The Kier molecular flexibility index (Phi) is 9.14. The van der Waals surface area contributed by atoms with Crippen molar-refractivity contribution in [1.29, 1.82) is 0 Å². The van der Waals surface area contributed by atoms with E-state index in [1.165, 1.54) is 7.11 Å². The molecule has 31 heavy (non-hydrogen) atoms. The van der Waals surface area contributed by atoms with Gasteiger partial charge in [-0.15, -0.1) is 0 Å². The van der Waals surface area contributed by atoms with Gasteiger partial charge < -0.3 is 20.1 Å². The van der Waals surface area contributed by atoms with Crippen molar-refractivity contribution in [3.8, 4) is 5.75 Å². The molecule has 0 radical (unpaired) electrons. The fourth-order valence-corrected chi connectivity index (χ4v) is 2.66. The number of methoxy groups -OCH3 is 1. The molecular formula is C21H22ClF3N2O4. The molecule has 6 nitrogen and oxygen atoms in total. The van der Waals surface area contributed by atoms with Crippen LogP contribution >= 0.6 is 11.6 Å². The molecule has 0 heterocycles. The molecule has 0 unspecified atom stereocenters. The molecule has 0 aliphatic rings. The van der Waals surface area contributed by atoms with Crippen molar-refractivity contribution in [2.75, 3.05) is 32.2 Å². The summed E-state index contributed by atoms with van der Waals surface area (Å²) in [6.07, 6.45) is -4.27. The second kappa shape index (κ2) is 11.6. The summed E-state index contributed by atoms with van der Waals surface area (Å²) >= 11 is 5.77. The molecular weight excluding hydrogens is 437 g/mol. The molecule has 10 heteroatoms. The first kappa shape index (κ1) is 24.5. The van der Waals surface area contributed by atoms with Crippen molar-refractivity contribution in [1.82, 2.24) is 5.32 Å². The zero-order valence-corrected chi connectivity index (χ0v) is 17.5. The summed E-state index contributed by atoms with van der Waals surface area (Å²) in [7, 11) is 1.46. The Morgan fingerprint density at radius 2 is 1.77 bits per heavy atom. The van der Waals surface area contributed by atoms with E-state index in [0.29, 0.717) is 17.0 Å². The number of ether oxygens (including phenoxy) is 2. The van der Waals surface area contributed by atoms with Gasteiger partial charge in [0.15, 0.2) is 0 Å². The van der Waals surface area contributed by atoms with Gasteiger partial charge in [0.25, 0.3) is 5.91 Å². The van der Waals surface area contributed by atoms with Crippen LogP contribution in [0, 0.1) is 0 Å². The van der Waals surface area contributed by atoms with Crippen LogP contribution in [-0.2, 0) is 15.7 Å². The number of hydrogen-bond donors (Lipinski definition) is 2. The number of amides is 2. The Labute approximate surface area is 182 Å². The molecule has 0 aromatic heterocycles. The van der Waals surface area contributed by atoms with Crippen LogP contribution in [0.25, 0.3) is 0 Å². The molecule has 0 aliphatic carbocycles. The van der Waals surface area contributed by atoms with E-state index in [-0.39, 0.29) is 43.5 Å². The SMILES string of the molecule is COCCOc1ccc(C(F)(F)F)cc1NC(=O)CCCNC(=O)c1ccc(Cl)cc1. The fourth-order valence-electron chi connectivity index (χ4n) is 2.53. The normalized spacial score (nSPS) is 11.1. The number of nitrogens with one attached hydrogen (secondary N) is 2. The molecule has 0 saturated carbocycles. The maximum Gasteiger partial charge on any atom is 0.416 e. The fraction of sp³-hybridized carbons (Fsp3) is 0.333. The summed E-state index contributed by atoms with van der Waals surface area (Å²) < 4.78 is 49.3. The number of carbonyl (C=O) groups excluding carboxylic acids is 2. The molecule has 168 valence electrons. The smallest absolute Gasteiger partial charge is 0.416 e. The van der Waals surface area contributed by atoms with Gasteiger partial charge in [-0.1, -0.05) is 11.6 Å². The van der Waals surface area contributed by atoms with Gasteiger partial charge in [0.2, 0.25) is 5.91 Å². The van der Waals surface area contributed by atoms with E-state index in [1.54, 1.807) is 24.3 Å². The van der Waals surface area contributed by atoms with E-state index >= 15 is 0 Å². The van der Waals surface area contributed by atoms with Gasteiger partial charge in [-0.3, -0.25) is 9.59 Å². The lowest BCUT2D eigenvalue weighted by Gasteiger charge is -2.15. The predicted molar refractivity (Wildman–Crippen MR) is 110 cm³/mol. The average molecular weight is 459 g/mol. The highest BCUT2D eigenvalue weighted by molar-refractivity contribution is 6.30. The van der Waals surface area contributed by atoms with E-state index in [1.807, 2.05) is 0 Å². The Balaban J connectivity index is 1.90. The maximum absolute atomic E-state index is 13.0. The largest absolute Gasteiger partial charge is 0.489 e. The molecule has 0 bridgehead atoms. The Bertz CT molecular complexity index is 889. The van der Waals surface area contributed by atoms with Crippen LogP contribution in [0.3, 0.4) is 0 Å². The van der Waals surface area contributed by atoms with Crippen molar-refractivity contribution < 1.29 is 32.2 Å². The molecule has 0 saturated heterocycles. The molecule has 2 rings (SSSR count). The second-order valence-electron chi connectivity index (χ2n) is 6.46. The third-order valence-electron chi connectivity index (χ3n) is 4.10. The number of rotatable bonds is 10. The molecule has 2 aromatic carbocycles.